The number of esters is 1. The predicted molar refractivity (Wildman–Crippen MR) is 198 cm³/mol. The third kappa shape index (κ3) is 9.03. The molecule has 0 aromatic carbocycles. The standard InChI is InChI=1S/C38H60N4O12S/c1-11-28-38(8)32(40-36(46)54-38)22(4)29(43)20(2)16-37(7)33(53-35-30(44)27(42(9)10)15-21(3)51-35)23(5)31(24(6)34(45)52-28)49-18-25(19-50-37)41-55(47,48)26-13-12-14-39-17-26/h12-14,17,20-25,27-28,30-33,35,41,44H,11,15-16,18-19H2,1-10H3,(H,40,46)/t20-,21-,22+,23+,24-,25?,27+,28-,30-,31+,32-,33-,35+,37-,38-/m1/s1. The Bertz CT molecular complexity index is 1640. The molecule has 0 spiro atoms. The third-order valence-electron chi connectivity index (χ3n) is 12.0. The summed E-state index contributed by atoms with van der Waals surface area (Å²) in [4.78, 5) is 47.3. The summed E-state index contributed by atoms with van der Waals surface area (Å²) in [6.07, 6.45) is -2.48. The highest BCUT2D eigenvalue weighted by Gasteiger charge is 2.58. The number of carbonyl (C=O) groups excluding carboxylic acids is 3. The van der Waals surface area contributed by atoms with E-state index in [9.17, 15) is 27.9 Å². The van der Waals surface area contributed by atoms with Crippen molar-refractivity contribution >= 4 is 27.9 Å². The van der Waals surface area contributed by atoms with E-state index in [1.54, 1.807) is 41.5 Å². The van der Waals surface area contributed by atoms with Crippen LogP contribution in [0.3, 0.4) is 0 Å². The number of fused-ring (bicyclic) bond motifs is 4. The first kappa shape index (κ1) is 43.4. The summed E-state index contributed by atoms with van der Waals surface area (Å²) in [5.74, 6) is -3.99. The molecule has 1 aromatic heterocycles. The Hall–Kier alpha value is -2.77. The first-order valence-corrected chi connectivity index (χ1v) is 20.8. The normalized spacial score (nSPS) is 42.3. The number of alkyl carbamates (subject to hydrolysis) is 1. The number of ether oxygens (including phenoxy) is 6. The number of sulfonamides is 1. The molecule has 5 heterocycles. The first-order chi connectivity index (χ1) is 25.7. The van der Waals surface area contributed by atoms with Gasteiger partial charge in [-0.05, 0) is 73.2 Å². The van der Waals surface area contributed by atoms with Gasteiger partial charge >= 0.3 is 12.1 Å². The van der Waals surface area contributed by atoms with Crippen LogP contribution in [-0.4, -0.2) is 135 Å². The minimum absolute atomic E-state index is 0.0562. The lowest BCUT2D eigenvalue weighted by Crippen LogP contribution is -2.60. The summed E-state index contributed by atoms with van der Waals surface area (Å²) in [6.45, 7) is 13.7. The van der Waals surface area contributed by atoms with Crippen molar-refractivity contribution < 1.29 is 56.3 Å². The number of rotatable bonds is 7. The molecule has 0 saturated carbocycles. The van der Waals surface area contributed by atoms with Gasteiger partial charge in [-0.2, -0.15) is 0 Å². The van der Waals surface area contributed by atoms with Gasteiger partial charge in [-0.3, -0.25) is 14.6 Å². The summed E-state index contributed by atoms with van der Waals surface area (Å²) in [5, 5.41) is 14.4. The Labute approximate surface area is 324 Å². The number of hydrogen-bond donors (Lipinski definition) is 3. The molecular weight excluding hydrogens is 737 g/mol. The molecule has 4 saturated heterocycles. The highest BCUT2D eigenvalue weighted by Crippen LogP contribution is 2.42. The minimum Gasteiger partial charge on any atom is -0.458 e. The molecule has 16 nitrogen and oxygen atoms in total. The predicted octanol–water partition coefficient (Wildman–Crippen LogP) is 2.42. The van der Waals surface area contributed by atoms with Gasteiger partial charge in [0.05, 0.1) is 55.1 Å². The molecule has 3 N–H and O–H groups in total. The highest BCUT2D eigenvalue weighted by atomic mass is 32.2. The van der Waals surface area contributed by atoms with Gasteiger partial charge in [-0.25, -0.2) is 17.9 Å². The van der Waals surface area contributed by atoms with Crippen LogP contribution in [0.4, 0.5) is 4.79 Å². The number of carbonyl (C=O) groups is 3. The second-order valence-corrected chi connectivity index (χ2v) is 18.2. The molecule has 17 heteroatoms. The van der Waals surface area contributed by atoms with Crippen molar-refractivity contribution in [2.24, 2.45) is 23.7 Å². The van der Waals surface area contributed by atoms with E-state index in [4.69, 9.17) is 28.4 Å². The molecule has 1 aromatic rings. The lowest BCUT2D eigenvalue weighted by atomic mass is 9.73. The fraction of sp³-hybridized carbons (Fsp3) is 0.789. The number of aliphatic hydroxyl groups excluding tert-OH is 1. The number of ketones is 1. The number of nitrogens with zero attached hydrogens (tertiary/aromatic N) is 2. The zero-order valence-corrected chi connectivity index (χ0v) is 34.4. The van der Waals surface area contributed by atoms with E-state index >= 15 is 0 Å². The maximum Gasteiger partial charge on any atom is 0.408 e. The lowest BCUT2D eigenvalue weighted by molar-refractivity contribution is -0.302. The van der Waals surface area contributed by atoms with Gasteiger partial charge in [0, 0.05) is 36.2 Å². The van der Waals surface area contributed by atoms with Crippen molar-refractivity contribution in [1.82, 2.24) is 19.9 Å². The number of aliphatic hydroxyl groups is 1. The van der Waals surface area contributed by atoms with E-state index in [1.165, 1.54) is 24.5 Å². The Morgan fingerprint density at radius 2 is 1.80 bits per heavy atom. The average Bonchev–Trinajstić information content (AvgIpc) is 3.46. The molecule has 15 atom stereocenters. The van der Waals surface area contributed by atoms with Crippen LogP contribution in [0.1, 0.15) is 74.7 Å². The van der Waals surface area contributed by atoms with Crippen LogP contribution >= 0.6 is 0 Å². The molecule has 55 heavy (non-hydrogen) atoms. The maximum absolute atomic E-state index is 14.5. The van der Waals surface area contributed by atoms with E-state index < -0.39 is 99.7 Å². The van der Waals surface area contributed by atoms with E-state index in [-0.39, 0.29) is 48.9 Å². The van der Waals surface area contributed by atoms with Crippen LogP contribution in [-0.2, 0) is 48.0 Å². The number of likely N-dealkylation sites (N-methyl/N-ethyl adjacent to an activating group) is 1. The molecule has 5 rings (SSSR count). The number of cyclic esters (lactones) is 1. The Morgan fingerprint density at radius 1 is 1.09 bits per heavy atom. The van der Waals surface area contributed by atoms with Gasteiger partial charge in [0.1, 0.15) is 22.9 Å². The largest absolute Gasteiger partial charge is 0.458 e. The van der Waals surface area contributed by atoms with E-state index in [0.717, 1.165) is 0 Å². The molecule has 4 fully saturated rings. The highest BCUT2D eigenvalue weighted by molar-refractivity contribution is 7.89. The van der Waals surface area contributed by atoms with Gasteiger partial charge in [0.15, 0.2) is 11.9 Å². The van der Waals surface area contributed by atoms with Crippen LogP contribution in [0.25, 0.3) is 0 Å². The molecule has 310 valence electrons. The fourth-order valence-electron chi connectivity index (χ4n) is 8.99. The van der Waals surface area contributed by atoms with Crippen molar-refractivity contribution in [3.8, 4) is 0 Å². The summed E-state index contributed by atoms with van der Waals surface area (Å²) in [5.41, 5.74) is -2.74. The summed E-state index contributed by atoms with van der Waals surface area (Å²) >= 11 is 0. The number of amides is 1. The van der Waals surface area contributed by atoms with Gasteiger partial charge in [0.2, 0.25) is 10.0 Å². The number of hydrogen-bond acceptors (Lipinski definition) is 14. The zero-order chi connectivity index (χ0) is 40.6. The van der Waals surface area contributed by atoms with Gasteiger partial charge < -0.3 is 43.7 Å². The molecule has 1 amide bonds. The Balaban J connectivity index is 1.63. The minimum atomic E-state index is -4.10. The quantitative estimate of drug-likeness (QED) is 0.340. The van der Waals surface area contributed by atoms with Crippen LogP contribution in [0.2, 0.25) is 0 Å². The molecule has 0 radical (unpaired) electrons. The smallest absolute Gasteiger partial charge is 0.408 e. The molecular formula is C38H60N4O12S. The monoisotopic (exact) mass is 796 g/mol. The van der Waals surface area contributed by atoms with Gasteiger partial charge in [-0.15, -0.1) is 0 Å². The Kier molecular flexibility index (Phi) is 13.4. The van der Waals surface area contributed by atoms with Crippen molar-refractivity contribution in [3.63, 3.8) is 0 Å². The van der Waals surface area contributed by atoms with E-state index in [2.05, 4.69) is 15.0 Å². The SMILES string of the molecule is CC[C@H]1OC(=O)[C@H](C)[C@H]2OCC(NS(=O)(=O)c3cccnc3)CO[C@](C)(C[C@@H](C)C(=O)[C@H](C)[C@H]3NC(=O)O[C@@]31C)[C@H](O[C@@H]1O[C@H](C)C[C@H](N(C)C)[C@H]1O)[C@H]2C. The second kappa shape index (κ2) is 17.0. The lowest BCUT2D eigenvalue weighted by Gasteiger charge is -2.48. The number of pyridine rings is 1. The van der Waals surface area contributed by atoms with Crippen LogP contribution in [0, 0.1) is 23.7 Å². The first-order valence-electron chi connectivity index (χ1n) is 19.3. The van der Waals surface area contributed by atoms with Crippen molar-refractivity contribution in [2.45, 2.75) is 146 Å². The van der Waals surface area contributed by atoms with Gasteiger partial charge in [0.25, 0.3) is 0 Å². The number of nitrogens with one attached hydrogen (secondary N) is 2. The molecule has 0 aliphatic carbocycles. The summed E-state index contributed by atoms with van der Waals surface area (Å²) < 4.78 is 68.2. The van der Waals surface area contributed by atoms with Crippen LogP contribution in [0.5, 0.6) is 0 Å². The maximum atomic E-state index is 14.5. The van der Waals surface area contributed by atoms with E-state index in [0.29, 0.717) is 6.42 Å². The zero-order valence-electron chi connectivity index (χ0n) is 33.6. The molecule has 4 aliphatic heterocycles. The van der Waals surface area contributed by atoms with E-state index in [1.807, 2.05) is 32.8 Å². The second-order valence-electron chi connectivity index (χ2n) is 16.5. The summed E-state index contributed by atoms with van der Waals surface area (Å²) in [7, 11) is -0.366. The Morgan fingerprint density at radius 3 is 2.44 bits per heavy atom. The molecule has 1 unspecified atom stereocenters. The number of Topliss-reactive ketones (excluding diaryl/α,β-unsaturated/α-hetero) is 1. The number of aromatic nitrogens is 1. The van der Waals surface area contributed by atoms with Crippen LogP contribution in [0.15, 0.2) is 29.4 Å². The topological polar surface area (TPSA) is 201 Å². The molecule has 4 aliphatic rings. The third-order valence-corrected chi connectivity index (χ3v) is 13.5. The molecule has 2 bridgehead atoms. The fourth-order valence-corrected chi connectivity index (χ4v) is 10.2. The van der Waals surface area contributed by atoms with Crippen molar-refractivity contribution in [3.05, 3.63) is 24.5 Å². The summed E-state index contributed by atoms with van der Waals surface area (Å²) in [6, 6.07) is 0.847. The van der Waals surface area contributed by atoms with Crippen molar-refractivity contribution in [2.75, 3.05) is 27.3 Å². The average molecular weight is 797 g/mol. The van der Waals surface area contributed by atoms with Crippen molar-refractivity contribution in [1.29, 1.82) is 0 Å². The van der Waals surface area contributed by atoms with Crippen LogP contribution < -0.4 is 10.0 Å². The van der Waals surface area contributed by atoms with Gasteiger partial charge in [-0.1, -0.05) is 27.7 Å².